The number of halogens is 1. The Morgan fingerprint density at radius 3 is 3.00 bits per heavy atom. The van der Waals surface area contributed by atoms with Crippen molar-refractivity contribution in [3.8, 4) is 0 Å². The summed E-state index contributed by atoms with van der Waals surface area (Å²) >= 11 is 0. The van der Waals surface area contributed by atoms with E-state index in [9.17, 15) is 4.79 Å². The van der Waals surface area contributed by atoms with Crippen LogP contribution in [-0.4, -0.2) is 44.4 Å². The first-order valence-electron chi connectivity index (χ1n) is 10.3. The molecule has 0 radical (unpaired) electrons. The molecule has 0 unspecified atom stereocenters. The number of amides is 1. The molecule has 0 aromatic carbocycles. The van der Waals surface area contributed by atoms with E-state index >= 15 is 0 Å². The summed E-state index contributed by atoms with van der Waals surface area (Å²) in [6, 6.07) is 2.14. The number of carbonyl (C=O) groups is 1. The lowest BCUT2D eigenvalue weighted by atomic mass is 10.1. The molecule has 2 N–H and O–H groups in total. The first-order valence-corrected chi connectivity index (χ1v) is 10.3. The number of fused-ring (bicyclic) bond motifs is 2. The van der Waals surface area contributed by atoms with Crippen LogP contribution < -0.4 is 5.32 Å². The van der Waals surface area contributed by atoms with Crippen LogP contribution in [-0.2, 0) is 43.7 Å². The zero-order valence-electron chi connectivity index (χ0n) is 16.7. The van der Waals surface area contributed by atoms with Gasteiger partial charge in [0, 0.05) is 38.7 Å². The highest BCUT2D eigenvalue weighted by molar-refractivity contribution is 5.85. The maximum absolute atomic E-state index is 12.6. The number of aromatic amines is 1. The van der Waals surface area contributed by atoms with Gasteiger partial charge in [0.15, 0.2) is 0 Å². The SMILES string of the molecule is CN(Cc1n[nH]c2c1CCCCC2)C(=O)CCc1cc2n(n1)CCCNC2.Cl. The number of hydrogen-bond donors (Lipinski definition) is 2. The Hall–Kier alpha value is -1.86. The Kier molecular flexibility index (Phi) is 7.13. The number of hydrogen-bond acceptors (Lipinski definition) is 4. The number of carbonyl (C=O) groups excluding carboxylic acids is 1. The number of aromatic nitrogens is 4. The Morgan fingerprint density at radius 2 is 2.11 bits per heavy atom. The second-order valence-electron chi connectivity index (χ2n) is 7.82. The predicted molar refractivity (Wildman–Crippen MR) is 110 cm³/mol. The van der Waals surface area contributed by atoms with Crippen LogP contribution in [0.4, 0.5) is 0 Å². The molecule has 7 nitrogen and oxygen atoms in total. The Balaban J connectivity index is 0.00000225. The molecule has 2 aromatic heterocycles. The van der Waals surface area contributed by atoms with Gasteiger partial charge in [0.1, 0.15) is 0 Å². The van der Waals surface area contributed by atoms with Crippen LogP contribution in [0.2, 0.25) is 0 Å². The van der Waals surface area contributed by atoms with E-state index in [1.54, 1.807) is 0 Å². The van der Waals surface area contributed by atoms with Crippen LogP contribution >= 0.6 is 12.4 Å². The van der Waals surface area contributed by atoms with Crippen molar-refractivity contribution in [2.75, 3.05) is 13.6 Å². The van der Waals surface area contributed by atoms with Crippen LogP contribution in [0.1, 0.15) is 60.4 Å². The van der Waals surface area contributed by atoms with Gasteiger partial charge in [-0.15, -0.1) is 12.4 Å². The van der Waals surface area contributed by atoms with Crippen LogP contribution in [0.5, 0.6) is 0 Å². The van der Waals surface area contributed by atoms with Crippen molar-refractivity contribution in [1.82, 2.24) is 30.2 Å². The summed E-state index contributed by atoms with van der Waals surface area (Å²) < 4.78 is 2.09. The monoisotopic (exact) mass is 406 g/mol. The van der Waals surface area contributed by atoms with Crippen LogP contribution in [0.25, 0.3) is 0 Å². The van der Waals surface area contributed by atoms with Gasteiger partial charge in [0.2, 0.25) is 5.91 Å². The average molecular weight is 407 g/mol. The molecule has 1 aliphatic carbocycles. The summed E-state index contributed by atoms with van der Waals surface area (Å²) in [5, 5.41) is 15.8. The van der Waals surface area contributed by atoms with Crippen molar-refractivity contribution in [1.29, 1.82) is 0 Å². The van der Waals surface area contributed by atoms with Crippen molar-refractivity contribution in [2.24, 2.45) is 0 Å². The summed E-state index contributed by atoms with van der Waals surface area (Å²) in [7, 11) is 1.88. The molecule has 1 aliphatic heterocycles. The molecule has 0 spiro atoms. The van der Waals surface area contributed by atoms with E-state index in [1.165, 1.54) is 36.2 Å². The fourth-order valence-corrected chi connectivity index (χ4v) is 4.14. The molecule has 3 heterocycles. The van der Waals surface area contributed by atoms with E-state index in [4.69, 9.17) is 0 Å². The van der Waals surface area contributed by atoms with E-state index in [1.807, 2.05) is 11.9 Å². The minimum absolute atomic E-state index is 0. The number of nitrogens with zero attached hydrogens (tertiary/aromatic N) is 4. The average Bonchev–Trinajstić information content (AvgIpc) is 3.04. The summed E-state index contributed by atoms with van der Waals surface area (Å²) in [6.45, 7) is 3.46. The second-order valence-corrected chi connectivity index (χ2v) is 7.82. The summed E-state index contributed by atoms with van der Waals surface area (Å²) in [5.74, 6) is 0.154. The van der Waals surface area contributed by atoms with Gasteiger partial charge in [-0.3, -0.25) is 14.6 Å². The van der Waals surface area contributed by atoms with Crippen molar-refractivity contribution in [3.63, 3.8) is 0 Å². The second kappa shape index (κ2) is 9.56. The van der Waals surface area contributed by atoms with Gasteiger partial charge >= 0.3 is 0 Å². The van der Waals surface area contributed by atoms with Crippen molar-refractivity contribution in [3.05, 3.63) is 34.4 Å². The third-order valence-electron chi connectivity index (χ3n) is 5.74. The molecule has 1 amide bonds. The molecular weight excluding hydrogens is 376 g/mol. The van der Waals surface area contributed by atoms with E-state index in [0.717, 1.165) is 50.3 Å². The van der Waals surface area contributed by atoms with Gasteiger partial charge in [-0.25, -0.2) is 0 Å². The van der Waals surface area contributed by atoms with Gasteiger partial charge in [0.05, 0.1) is 23.6 Å². The van der Waals surface area contributed by atoms with Gasteiger partial charge in [-0.05, 0) is 50.3 Å². The van der Waals surface area contributed by atoms with E-state index in [2.05, 4.69) is 31.4 Å². The van der Waals surface area contributed by atoms with Crippen molar-refractivity contribution in [2.45, 2.75) is 71.0 Å². The standard InChI is InChI=1S/C20H30N6O.ClH/c1-25(14-19-17-6-3-2-4-7-18(17)22-23-19)20(27)9-8-15-12-16-13-21-10-5-11-26(16)24-15;/h12,21H,2-11,13-14H2,1H3,(H,22,23);1H. The maximum atomic E-state index is 12.6. The van der Waals surface area contributed by atoms with Crippen LogP contribution in [0.15, 0.2) is 6.07 Å². The summed E-state index contributed by atoms with van der Waals surface area (Å²) in [5.41, 5.74) is 5.91. The molecule has 0 saturated carbocycles. The highest BCUT2D eigenvalue weighted by Crippen LogP contribution is 2.22. The molecule has 0 fully saturated rings. The normalized spacial score (nSPS) is 16.3. The first kappa shape index (κ1) is 20.9. The largest absolute Gasteiger partial charge is 0.340 e. The van der Waals surface area contributed by atoms with Gasteiger partial charge in [-0.1, -0.05) is 6.42 Å². The first-order chi connectivity index (χ1) is 13.2. The Morgan fingerprint density at radius 1 is 1.25 bits per heavy atom. The van der Waals surface area contributed by atoms with Crippen molar-refractivity contribution >= 4 is 18.3 Å². The quantitative estimate of drug-likeness (QED) is 0.747. The number of nitrogens with one attached hydrogen (secondary N) is 2. The summed E-state index contributed by atoms with van der Waals surface area (Å²) in [6.07, 6.45) is 8.18. The molecule has 154 valence electrons. The molecular formula is C20H31ClN6O. The smallest absolute Gasteiger partial charge is 0.223 e. The van der Waals surface area contributed by atoms with Gasteiger partial charge in [-0.2, -0.15) is 10.2 Å². The topological polar surface area (TPSA) is 78.8 Å². The predicted octanol–water partition coefficient (Wildman–Crippen LogP) is 2.38. The highest BCUT2D eigenvalue weighted by atomic mass is 35.5. The van der Waals surface area contributed by atoms with Gasteiger partial charge in [0.25, 0.3) is 0 Å². The lowest BCUT2D eigenvalue weighted by molar-refractivity contribution is -0.130. The Bertz CT molecular complexity index is 775. The number of aryl methyl sites for hydroxylation is 3. The van der Waals surface area contributed by atoms with Crippen LogP contribution in [0.3, 0.4) is 0 Å². The molecule has 0 saturated heterocycles. The molecule has 28 heavy (non-hydrogen) atoms. The molecule has 2 aromatic rings. The molecule has 8 heteroatoms. The number of rotatable bonds is 5. The van der Waals surface area contributed by atoms with Crippen molar-refractivity contribution < 1.29 is 4.79 Å². The minimum Gasteiger partial charge on any atom is -0.340 e. The van der Waals surface area contributed by atoms with E-state index in [-0.39, 0.29) is 18.3 Å². The van der Waals surface area contributed by atoms with Crippen LogP contribution in [0, 0.1) is 0 Å². The lowest BCUT2D eigenvalue weighted by Gasteiger charge is -2.16. The van der Waals surface area contributed by atoms with E-state index in [0.29, 0.717) is 19.4 Å². The zero-order chi connectivity index (χ0) is 18.6. The van der Waals surface area contributed by atoms with Gasteiger partial charge < -0.3 is 10.2 Å². The third kappa shape index (κ3) is 4.75. The Labute approximate surface area is 172 Å². The molecule has 2 aliphatic rings. The zero-order valence-corrected chi connectivity index (χ0v) is 17.5. The van der Waals surface area contributed by atoms with E-state index < -0.39 is 0 Å². The fourth-order valence-electron chi connectivity index (χ4n) is 4.14. The molecule has 4 rings (SSSR count). The maximum Gasteiger partial charge on any atom is 0.223 e. The highest BCUT2D eigenvalue weighted by Gasteiger charge is 2.19. The third-order valence-corrected chi connectivity index (χ3v) is 5.74. The summed E-state index contributed by atoms with van der Waals surface area (Å²) in [4.78, 5) is 14.4. The molecule has 0 bridgehead atoms. The fraction of sp³-hybridized carbons (Fsp3) is 0.650. The molecule has 0 atom stereocenters. The minimum atomic E-state index is 0. The lowest BCUT2D eigenvalue weighted by Crippen LogP contribution is -2.27. The number of H-pyrrole nitrogens is 1.